The van der Waals surface area contributed by atoms with Crippen molar-refractivity contribution in [2.45, 2.75) is 25.8 Å². The van der Waals surface area contributed by atoms with Gasteiger partial charge in [0.2, 0.25) is 0 Å². The minimum absolute atomic E-state index is 0.0196. The van der Waals surface area contributed by atoms with Crippen LogP contribution in [-0.4, -0.2) is 64.4 Å². The number of aliphatic imine (C=N–C) groups is 1. The van der Waals surface area contributed by atoms with Gasteiger partial charge in [0.05, 0.1) is 11.9 Å². The Morgan fingerprint density at radius 3 is 2.79 bits per heavy atom. The summed E-state index contributed by atoms with van der Waals surface area (Å²) >= 11 is 0. The lowest BCUT2D eigenvalue weighted by molar-refractivity contribution is 0.210. The highest BCUT2D eigenvalue weighted by Gasteiger charge is 2.44. The largest absolute Gasteiger partial charge is 0.356 e. The number of aromatic nitrogens is 3. The van der Waals surface area contributed by atoms with Gasteiger partial charge in [-0.1, -0.05) is 0 Å². The number of nitrogens with zero attached hydrogens (tertiary/aromatic N) is 5. The molecule has 1 saturated carbocycles. The van der Waals surface area contributed by atoms with E-state index >= 15 is 0 Å². The van der Waals surface area contributed by atoms with E-state index in [1.54, 1.807) is 6.33 Å². The lowest BCUT2D eigenvalue weighted by Crippen LogP contribution is -2.42. The van der Waals surface area contributed by atoms with Gasteiger partial charge in [-0.15, -0.1) is 0 Å². The molecule has 0 radical (unpaired) electrons. The van der Waals surface area contributed by atoms with Crippen LogP contribution in [0, 0.1) is 11.8 Å². The van der Waals surface area contributed by atoms with Crippen LogP contribution in [0.25, 0.3) is 11.0 Å². The van der Waals surface area contributed by atoms with E-state index in [4.69, 9.17) is 0 Å². The van der Waals surface area contributed by atoms with E-state index in [1.165, 1.54) is 5.57 Å². The quantitative estimate of drug-likeness (QED) is 0.837. The van der Waals surface area contributed by atoms with Gasteiger partial charge in [0.15, 0.2) is 0 Å². The van der Waals surface area contributed by atoms with Crippen molar-refractivity contribution >= 4 is 28.7 Å². The molecule has 2 aromatic heterocycles. The standard InChI is InChI=1S/C20H25N7O/c1-12-5-17(22-8-12)25-20(28)27-9-13-6-15(7-14(13)10-27)26(2)19-16-3-4-21-18(16)23-11-24-19/h3-5,11,13-15H,6-10H2,1-2H3,(H,21,23,24)(H,22,25,28)/t13-,14+,15?. The smallest absolute Gasteiger partial charge is 0.323 e. The molecule has 28 heavy (non-hydrogen) atoms. The Morgan fingerprint density at radius 2 is 2.07 bits per heavy atom. The van der Waals surface area contributed by atoms with Crippen molar-refractivity contribution in [3.8, 4) is 0 Å². The van der Waals surface area contributed by atoms with Gasteiger partial charge in [-0.25, -0.2) is 14.8 Å². The van der Waals surface area contributed by atoms with Crippen LogP contribution in [0.4, 0.5) is 10.6 Å². The molecule has 1 saturated heterocycles. The molecule has 2 aliphatic heterocycles. The highest BCUT2D eigenvalue weighted by atomic mass is 16.2. The van der Waals surface area contributed by atoms with Crippen LogP contribution >= 0.6 is 0 Å². The first-order valence-corrected chi connectivity index (χ1v) is 9.87. The molecule has 3 atom stereocenters. The van der Waals surface area contributed by atoms with E-state index < -0.39 is 0 Å². The van der Waals surface area contributed by atoms with Crippen LogP contribution in [0.3, 0.4) is 0 Å². The molecular weight excluding hydrogens is 354 g/mol. The maximum atomic E-state index is 12.6. The van der Waals surface area contributed by atoms with Crippen LogP contribution in [0.5, 0.6) is 0 Å². The Labute approximate surface area is 163 Å². The maximum absolute atomic E-state index is 12.6. The molecule has 2 fully saturated rings. The van der Waals surface area contributed by atoms with Gasteiger partial charge in [0, 0.05) is 32.4 Å². The number of carbonyl (C=O) groups is 1. The first-order chi connectivity index (χ1) is 13.6. The van der Waals surface area contributed by atoms with Gasteiger partial charge in [-0.3, -0.25) is 10.3 Å². The van der Waals surface area contributed by atoms with Crippen LogP contribution in [0.2, 0.25) is 0 Å². The molecule has 8 nitrogen and oxygen atoms in total. The summed E-state index contributed by atoms with van der Waals surface area (Å²) in [5, 5.41) is 4.01. The third kappa shape index (κ3) is 2.93. The predicted molar refractivity (Wildman–Crippen MR) is 108 cm³/mol. The van der Waals surface area contributed by atoms with E-state index in [1.807, 2.05) is 30.2 Å². The number of carbonyl (C=O) groups excluding carboxylic acids is 1. The average Bonchev–Trinajstić information content (AvgIpc) is 3.43. The fourth-order valence-electron chi connectivity index (χ4n) is 4.86. The van der Waals surface area contributed by atoms with Crippen molar-refractivity contribution in [1.82, 2.24) is 25.2 Å². The summed E-state index contributed by atoms with van der Waals surface area (Å²) < 4.78 is 0. The molecule has 2 aromatic rings. The van der Waals surface area contributed by atoms with Gasteiger partial charge in [-0.05, 0) is 49.3 Å². The topological polar surface area (TPSA) is 89.5 Å². The van der Waals surface area contributed by atoms with Crippen molar-refractivity contribution in [2.24, 2.45) is 16.8 Å². The molecular formula is C20H25N7O. The second kappa shape index (κ2) is 6.61. The van der Waals surface area contributed by atoms with E-state index in [0.29, 0.717) is 30.3 Å². The van der Waals surface area contributed by atoms with Crippen LogP contribution < -0.4 is 10.2 Å². The average molecular weight is 379 g/mol. The fourth-order valence-corrected chi connectivity index (χ4v) is 4.86. The Balaban J connectivity index is 1.22. The number of aromatic amines is 1. The van der Waals surface area contributed by atoms with Crippen molar-refractivity contribution in [2.75, 3.05) is 31.6 Å². The zero-order valence-corrected chi connectivity index (χ0v) is 16.2. The number of amidine groups is 1. The fraction of sp³-hybridized carbons (Fsp3) is 0.500. The number of H-pyrrole nitrogens is 1. The molecule has 4 heterocycles. The zero-order valence-electron chi connectivity index (χ0n) is 16.2. The highest BCUT2D eigenvalue weighted by Crippen LogP contribution is 2.41. The number of hydrogen-bond acceptors (Lipinski definition) is 5. The monoisotopic (exact) mass is 379 g/mol. The molecule has 0 spiro atoms. The molecule has 0 bridgehead atoms. The molecule has 2 amide bonds. The molecule has 8 heteroatoms. The molecule has 146 valence electrons. The lowest BCUT2D eigenvalue weighted by Gasteiger charge is -2.28. The normalized spacial score (nSPS) is 26.4. The number of amides is 2. The third-order valence-electron chi connectivity index (χ3n) is 6.34. The first-order valence-electron chi connectivity index (χ1n) is 9.87. The van der Waals surface area contributed by atoms with E-state index in [-0.39, 0.29) is 6.03 Å². The van der Waals surface area contributed by atoms with E-state index in [0.717, 1.165) is 42.8 Å². The van der Waals surface area contributed by atoms with Crippen molar-refractivity contribution in [1.29, 1.82) is 0 Å². The summed E-state index contributed by atoms with van der Waals surface area (Å²) in [7, 11) is 2.12. The molecule has 0 aromatic carbocycles. The number of anilines is 1. The second-order valence-corrected chi connectivity index (χ2v) is 8.22. The predicted octanol–water partition coefficient (Wildman–Crippen LogP) is 2.17. The lowest BCUT2D eigenvalue weighted by atomic mass is 10.0. The first kappa shape index (κ1) is 17.2. The minimum Gasteiger partial charge on any atom is -0.356 e. The number of nitrogens with one attached hydrogen (secondary N) is 2. The SMILES string of the molecule is CC1=CC(NC(=O)N2C[C@H]3CC(N(C)c4ncnc5[nH]ccc45)C[C@H]3C2)=NC1. The van der Waals surface area contributed by atoms with E-state index in [2.05, 4.69) is 37.2 Å². The number of hydrogen-bond donors (Lipinski definition) is 2. The van der Waals surface area contributed by atoms with Gasteiger partial charge in [0.25, 0.3) is 0 Å². The number of urea groups is 1. The van der Waals surface area contributed by atoms with Crippen molar-refractivity contribution < 1.29 is 4.79 Å². The number of likely N-dealkylation sites (tertiary alicyclic amines) is 1. The van der Waals surface area contributed by atoms with E-state index in [9.17, 15) is 4.79 Å². The molecule has 1 aliphatic carbocycles. The highest BCUT2D eigenvalue weighted by molar-refractivity contribution is 6.05. The summed E-state index contributed by atoms with van der Waals surface area (Å²) in [4.78, 5) is 33.1. The molecule has 2 N–H and O–H groups in total. The summed E-state index contributed by atoms with van der Waals surface area (Å²) in [6.07, 6.45) is 7.64. The van der Waals surface area contributed by atoms with Crippen molar-refractivity contribution in [3.63, 3.8) is 0 Å². The second-order valence-electron chi connectivity index (χ2n) is 8.22. The summed E-state index contributed by atoms with van der Waals surface area (Å²) in [6.45, 7) is 4.35. The van der Waals surface area contributed by atoms with Gasteiger partial charge < -0.3 is 14.8 Å². The van der Waals surface area contributed by atoms with Crippen molar-refractivity contribution in [3.05, 3.63) is 30.2 Å². The van der Waals surface area contributed by atoms with Gasteiger partial charge in [-0.2, -0.15) is 0 Å². The summed E-state index contributed by atoms with van der Waals surface area (Å²) in [5.41, 5.74) is 2.05. The third-order valence-corrected chi connectivity index (χ3v) is 6.34. The zero-order chi connectivity index (χ0) is 19.3. The Morgan fingerprint density at radius 1 is 1.29 bits per heavy atom. The summed E-state index contributed by atoms with van der Waals surface area (Å²) in [5.74, 6) is 2.76. The number of rotatable bonds is 2. The summed E-state index contributed by atoms with van der Waals surface area (Å²) in [6, 6.07) is 2.46. The van der Waals surface area contributed by atoms with Crippen LogP contribution in [0.15, 0.2) is 35.2 Å². The minimum atomic E-state index is -0.0196. The maximum Gasteiger partial charge on any atom is 0.323 e. The molecule has 1 unspecified atom stereocenters. The Kier molecular flexibility index (Phi) is 4.07. The molecule has 5 rings (SSSR count). The molecule has 3 aliphatic rings. The van der Waals surface area contributed by atoms with Gasteiger partial charge >= 0.3 is 6.03 Å². The Hall–Kier alpha value is -2.90. The van der Waals surface area contributed by atoms with Crippen LogP contribution in [-0.2, 0) is 0 Å². The van der Waals surface area contributed by atoms with Gasteiger partial charge in [0.1, 0.15) is 23.6 Å². The number of fused-ring (bicyclic) bond motifs is 2. The Bertz CT molecular complexity index is 964. The van der Waals surface area contributed by atoms with Crippen LogP contribution in [0.1, 0.15) is 19.8 Å².